The van der Waals surface area contributed by atoms with Crippen LogP contribution in [0.5, 0.6) is 0 Å². The minimum atomic E-state index is 1.26. The van der Waals surface area contributed by atoms with E-state index in [4.69, 9.17) is 0 Å². The van der Waals surface area contributed by atoms with E-state index < -0.39 is 0 Å². The van der Waals surface area contributed by atoms with Gasteiger partial charge >= 0.3 is 0 Å². The van der Waals surface area contributed by atoms with Gasteiger partial charge in [0.2, 0.25) is 0 Å². The highest BCUT2D eigenvalue weighted by Crippen LogP contribution is 2.25. The number of benzene rings is 1. The first-order valence-electron chi connectivity index (χ1n) is 3.88. The van der Waals surface area contributed by atoms with Gasteiger partial charge in [0.1, 0.15) is 0 Å². The van der Waals surface area contributed by atoms with Crippen molar-refractivity contribution in [2.75, 3.05) is 0 Å². The molecule has 0 aliphatic heterocycles. The fraction of sp³-hybridized carbons (Fsp3) is 0.0909. The van der Waals surface area contributed by atoms with Crippen LogP contribution in [-0.4, -0.2) is 0 Å². The molecule has 1 heterocycles. The van der Waals surface area contributed by atoms with Gasteiger partial charge in [0, 0.05) is 4.88 Å². The summed E-state index contributed by atoms with van der Waals surface area (Å²) >= 11 is 1.78. The lowest BCUT2D eigenvalue weighted by atomic mass is 10.2. The predicted octanol–water partition coefficient (Wildman–Crippen LogP) is 3.52. The van der Waals surface area contributed by atoms with Crippen molar-refractivity contribution in [3.05, 3.63) is 47.3 Å². The molecule has 0 spiro atoms. The molecule has 1 radical (unpaired) electrons. The summed E-state index contributed by atoms with van der Waals surface area (Å²) in [5, 5.41) is 2.17. The van der Waals surface area contributed by atoms with Gasteiger partial charge in [-0.15, -0.1) is 11.3 Å². The van der Waals surface area contributed by atoms with Crippen LogP contribution in [0.25, 0.3) is 10.4 Å². The van der Waals surface area contributed by atoms with Gasteiger partial charge in [-0.3, -0.25) is 0 Å². The van der Waals surface area contributed by atoms with Crippen LogP contribution in [0, 0.1) is 13.0 Å². The maximum Gasteiger partial charge on any atom is 0.0345 e. The van der Waals surface area contributed by atoms with E-state index in [1.807, 2.05) is 18.2 Å². The Labute approximate surface area is 76.5 Å². The number of hydrogen-bond donors (Lipinski definition) is 0. The zero-order valence-corrected chi connectivity index (χ0v) is 7.69. The molecule has 0 unspecified atom stereocenters. The summed E-state index contributed by atoms with van der Waals surface area (Å²) in [6, 6.07) is 13.3. The Balaban J connectivity index is 2.45. The molecule has 59 valence electrons. The van der Waals surface area contributed by atoms with E-state index in [1.165, 1.54) is 16.0 Å². The largest absolute Gasteiger partial charge is 0.144 e. The highest BCUT2D eigenvalue weighted by molar-refractivity contribution is 7.13. The summed E-state index contributed by atoms with van der Waals surface area (Å²) in [6.07, 6.45) is 0. The van der Waals surface area contributed by atoms with Crippen molar-refractivity contribution in [3.63, 3.8) is 0 Å². The Bertz CT molecular complexity index is 360. The first kappa shape index (κ1) is 7.56. The highest BCUT2D eigenvalue weighted by Gasteiger charge is 1.97. The second kappa shape index (κ2) is 3.11. The van der Waals surface area contributed by atoms with E-state index in [0.717, 1.165) is 0 Å². The molecule has 0 aliphatic carbocycles. The zero-order chi connectivity index (χ0) is 8.39. The summed E-state index contributed by atoms with van der Waals surface area (Å²) in [5.74, 6) is 0. The van der Waals surface area contributed by atoms with Crippen LogP contribution in [0.4, 0.5) is 0 Å². The molecule has 1 aromatic heterocycles. The van der Waals surface area contributed by atoms with E-state index >= 15 is 0 Å². The standard InChI is InChI=1S/C11H9S/c1-9-7-11(12-8-9)10-5-3-2-4-6-10/h2-3,5-8H,1H3. The van der Waals surface area contributed by atoms with Crippen LogP contribution in [0.3, 0.4) is 0 Å². The third-order valence-electron chi connectivity index (χ3n) is 1.72. The van der Waals surface area contributed by atoms with Gasteiger partial charge in [-0.25, -0.2) is 0 Å². The van der Waals surface area contributed by atoms with Crippen molar-refractivity contribution >= 4 is 11.3 Å². The first-order chi connectivity index (χ1) is 5.86. The first-order valence-corrected chi connectivity index (χ1v) is 4.76. The topological polar surface area (TPSA) is 0 Å². The molecular formula is C11H9S. The lowest BCUT2D eigenvalue weighted by Gasteiger charge is -1.93. The van der Waals surface area contributed by atoms with Gasteiger partial charge in [0.15, 0.2) is 0 Å². The number of thiophene rings is 1. The van der Waals surface area contributed by atoms with Crippen molar-refractivity contribution in [2.45, 2.75) is 6.92 Å². The molecule has 0 amide bonds. The van der Waals surface area contributed by atoms with E-state index in [9.17, 15) is 0 Å². The third kappa shape index (κ3) is 1.41. The SMILES string of the molecule is Cc1csc(-c2c[c]ccc2)c1. The van der Waals surface area contributed by atoms with E-state index in [-0.39, 0.29) is 0 Å². The van der Waals surface area contributed by atoms with Crippen LogP contribution in [0.15, 0.2) is 35.7 Å². The van der Waals surface area contributed by atoms with Gasteiger partial charge in [-0.2, -0.15) is 0 Å². The molecule has 1 aromatic carbocycles. The van der Waals surface area contributed by atoms with Gasteiger partial charge < -0.3 is 0 Å². The third-order valence-corrected chi connectivity index (χ3v) is 2.82. The Morgan fingerprint density at radius 1 is 1.42 bits per heavy atom. The average molecular weight is 173 g/mol. The summed E-state index contributed by atoms with van der Waals surface area (Å²) in [7, 11) is 0. The maximum atomic E-state index is 3.08. The predicted molar refractivity (Wildman–Crippen MR) is 53.3 cm³/mol. The fourth-order valence-corrected chi connectivity index (χ4v) is 2.03. The van der Waals surface area contributed by atoms with Crippen molar-refractivity contribution in [3.8, 4) is 10.4 Å². The monoisotopic (exact) mass is 173 g/mol. The Hall–Kier alpha value is -1.08. The quantitative estimate of drug-likeness (QED) is 0.619. The van der Waals surface area contributed by atoms with E-state index in [2.05, 4.69) is 30.5 Å². The minimum Gasteiger partial charge on any atom is -0.144 e. The summed E-state index contributed by atoms with van der Waals surface area (Å²) in [6.45, 7) is 2.12. The van der Waals surface area contributed by atoms with E-state index in [0.29, 0.717) is 0 Å². The highest BCUT2D eigenvalue weighted by atomic mass is 32.1. The van der Waals surface area contributed by atoms with Crippen LogP contribution < -0.4 is 0 Å². The molecule has 0 atom stereocenters. The summed E-state index contributed by atoms with van der Waals surface area (Å²) in [5.41, 5.74) is 2.59. The molecule has 12 heavy (non-hydrogen) atoms. The second-order valence-corrected chi connectivity index (χ2v) is 3.69. The fourth-order valence-electron chi connectivity index (χ4n) is 1.13. The van der Waals surface area contributed by atoms with Gasteiger partial charge in [-0.05, 0) is 41.6 Å². The molecule has 2 aromatic rings. The molecule has 1 heteroatoms. The molecular weight excluding hydrogens is 164 g/mol. The van der Waals surface area contributed by atoms with Crippen molar-refractivity contribution in [1.29, 1.82) is 0 Å². The van der Waals surface area contributed by atoms with Gasteiger partial charge in [-0.1, -0.05) is 18.2 Å². The molecule has 0 N–H and O–H groups in total. The van der Waals surface area contributed by atoms with Crippen molar-refractivity contribution in [1.82, 2.24) is 0 Å². The van der Waals surface area contributed by atoms with Crippen molar-refractivity contribution < 1.29 is 0 Å². The molecule has 0 saturated carbocycles. The smallest absolute Gasteiger partial charge is 0.0345 e. The van der Waals surface area contributed by atoms with Crippen LogP contribution in [-0.2, 0) is 0 Å². The average Bonchev–Trinajstić information content (AvgIpc) is 2.54. The summed E-state index contributed by atoms with van der Waals surface area (Å²) < 4.78 is 0. The van der Waals surface area contributed by atoms with Gasteiger partial charge in [0.05, 0.1) is 0 Å². The Morgan fingerprint density at radius 3 is 2.92 bits per heavy atom. The zero-order valence-electron chi connectivity index (χ0n) is 6.87. The summed E-state index contributed by atoms with van der Waals surface area (Å²) in [4.78, 5) is 1.32. The van der Waals surface area contributed by atoms with Crippen molar-refractivity contribution in [2.24, 2.45) is 0 Å². The van der Waals surface area contributed by atoms with Crippen LogP contribution >= 0.6 is 11.3 Å². The normalized spacial score (nSPS) is 10.1. The van der Waals surface area contributed by atoms with E-state index in [1.54, 1.807) is 11.3 Å². The Morgan fingerprint density at radius 2 is 2.33 bits per heavy atom. The lowest BCUT2D eigenvalue weighted by Crippen LogP contribution is -1.68. The lowest BCUT2D eigenvalue weighted by molar-refractivity contribution is 1.55. The number of hydrogen-bond acceptors (Lipinski definition) is 1. The molecule has 2 rings (SSSR count). The van der Waals surface area contributed by atoms with Gasteiger partial charge in [0.25, 0.3) is 0 Å². The number of rotatable bonds is 1. The van der Waals surface area contributed by atoms with Crippen LogP contribution in [0.2, 0.25) is 0 Å². The molecule has 0 bridgehead atoms. The molecule has 0 aliphatic rings. The minimum absolute atomic E-state index is 1.26. The maximum absolute atomic E-state index is 3.08. The Kier molecular flexibility index (Phi) is 1.96. The molecule has 0 nitrogen and oxygen atoms in total. The second-order valence-electron chi connectivity index (χ2n) is 2.78. The van der Waals surface area contributed by atoms with Crippen LogP contribution in [0.1, 0.15) is 5.56 Å². The number of aryl methyl sites for hydroxylation is 1. The molecule has 0 saturated heterocycles. The molecule has 0 fully saturated rings.